The number of hydrogen-bond acceptors (Lipinski definition) is 4. The minimum Gasteiger partial charge on any atom is -0.454 e. The monoisotopic (exact) mass is 318 g/mol. The van der Waals surface area contributed by atoms with Gasteiger partial charge in [-0.1, -0.05) is 6.07 Å². The zero-order valence-electron chi connectivity index (χ0n) is 12.3. The van der Waals surface area contributed by atoms with Crippen LogP contribution in [-0.4, -0.2) is 55.9 Å². The molecule has 1 aliphatic heterocycles. The van der Waals surface area contributed by atoms with Crippen molar-refractivity contribution in [1.82, 2.24) is 9.80 Å². The van der Waals surface area contributed by atoms with Crippen molar-refractivity contribution in [3.8, 4) is 11.5 Å². The maximum Gasteiger partial charge on any atom is 0.406 e. The van der Waals surface area contributed by atoms with E-state index >= 15 is 0 Å². The minimum atomic E-state index is -4.39. The Labute approximate surface area is 126 Å². The molecule has 0 unspecified atom stereocenters. The molecule has 122 valence electrons. The van der Waals surface area contributed by atoms with Crippen LogP contribution in [0.2, 0.25) is 0 Å². The molecule has 8 heteroatoms. The predicted molar refractivity (Wildman–Crippen MR) is 72.6 cm³/mol. The lowest BCUT2D eigenvalue weighted by Crippen LogP contribution is -2.41. The van der Waals surface area contributed by atoms with Crippen molar-refractivity contribution in [3.63, 3.8) is 0 Å². The van der Waals surface area contributed by atoms with Crippen molar-refractivity contribution in [2.45, 2.75) is 12.7 Å². The SMILES string of the molecule is CN(CC(=O)N(C)CC(F)(F)F)Cc1ccc2c(c1)OCO2. The number of carbonyl (C=O) groups excluding carboxylic acids is 1. The van der Waals surface area contributed by atoms with Crippen LogP contribution in [0.4, 0.5) is 13.2 Å². The van der Waals surface area contributed by atoms with Crippen LogP contribution in [0.25, 0.3) is 0 Å². The van der Waals surface area contributed by atoms with Crippen molar-refractivity contribution in [2.24, 2.45) is 0 Å². The highest BCUT2D eigenvalue weighted by molar-refractivity contribution is 5.78. The first-order valence-electron chi connectivity index (χ1n) is 6.62. The zero-order chi connectivity index (χ0) is 16.3. The molecule has 2 rings (SSSR count). The number of nitrogens with zero attached hydrogens (tertiary/aromatic N) is 2. The van der Waals surface area contributed by atoms with Gasteiger partial charge in [-0.05, 0) is 24.7 Å². The van der Waals surface area contributed by atoms with Gasteiger partial charge in [0.2, 0.25) is 12.7 Å². The highest BCUT2D eigenvalue weighted by atomic mass is 19.4. The van der Waals surface area contributed by atoms with Gasteiger partial charge in [0.05, 0.1) is 6.54 Å². The van der Waals surface area contributed by atoms with Crippen LogP contribution in [-0.2, 0) is 11.3 Å². The van der Waals surface area contributed by atoms with Crippen LogP contribution in [0, 0.1) is 0 Å². The molecular weight excluding hydrogens is 301 g/mol. The van der Waals surface area contributed by atoms with Gasteiger partial charge in [-0.3, -0.25) is 9.69 Å². The first-order chi connectivity index (χ1) is 10.2. The second kappa shape index (κ2) is 6.43. The number of benzene rings is 1. The van der Waals surface area contributed by atoms with Gasteiger partial charge in [-0.25, -0.2) is 0 Å². The first-order valence-corrected chi connectivity index (χ1v) is 6.62. The fraction of sp³-hybridized carbons (Fsp3) is 0.500. The Morgan fingerprint density at radius 1 is 1.23 bits per heavy atom. The molecule has 0 bridgehead atoms. The van der Waals surface area contributed by atoms with Gasteiger partial charge in [0.25, 0.3) is 0 Å². The van der Waals surface area contributed by atoms with Crippen LogP contribution in [0.5, 0.6) is 11.5 Å². The largest absolute Gasteiger partial charge is 0.454 e. The fourth-order valence-corrected chi connectivity index (χ4v) is 2.12. The number of halogens is 3. The summed E-state index contributed by atoms with van der Waals surface area (Å²) in [5.41, 5.74) is 0.887. The molecule has 0 N–H and O–H groups in total. The highest BCUT2D eigenvalue weighted by Crippen LogP contribution is 2.32. The van der Waals surface area contributed by atoms with Crippen LogP contribution in [0.3, 0.4) is 0 Å². The normalized spacial score (nSPS) is 13.5. The number of hydrogen-bond donors (Lipinski definition) is 0. The Morgan fingerprint density at radius 3 is 2.59 bits per heavy atom. The Hall–Kier alpha value is -1.96. The molecule has 0 aromatic heterocycles. The van der Waals surface area contributed by atoms with Gasteiger partial charge in [0.15, 0.2) is 11.5 Å². The minimum absolute atomic E-state index is 0.0962. The molecule has 5 nitrogen and oxygen atoms in total. The molecule has 1 aromatic rings. The summed E-state index contributed by atoms with van der Waals surface area (Å²) in [5.74, 6) is 0.708. The molecular formula is C14H17F3N2O3. The third kappa shape index (κ3) is 4.52. The van der Waals surface area contributed by atoms with E-state index in [2.05, 4.69) is 0 Å². The maximum atomic E-state index is 12.2. The van der Waals surface area contributed by atoms with E-state index in [4.69, 9.17) is 9.47 Å². The second-order valence-electron chi connectivity index (χ2n) is 5.22. The van der Waals surface area contributed by atoms with Gasteiger partial charge >= 0.3 is 6.18 Å². The summed E-state index contributed by atoms with van der Waals surface area (Å²) < 4.78 is 47.2. The van der Waals surface area contributed by atoms with Crippen molar-refractivity contribution >= 4 is 5.91 Å². The summed E-state index contributed by atoms with van der Waals surface area (Å²) in [6.45, 7) is -0.748. The number of likely N-dealkylation sites (N-methyl/N-ethyl adjacent to an activating group) is 2. The Balaban J connectivity index is 1.87. The molecule has 0 saturated carbocycles. The predicted octanol–water partition coefficient (Wildman–Crippen LogP) is 1.87. The fourth-order valence-electron chi connectivity index (χ4n) is 2.12. The molecule has 0 aliphatic carbocycles. The molecule has 0 atom stereocenters. The van der Waals surface area contributed by atoms with Crippen molar-refractivity contribution in [1.29, 1.82) is 0 Å². The zero-order valence-corrected chi connectivity index (χ0v) is 12.3. The molecule has 22 heavy (non-hydrogen) atoms. The van der Waals surface area contributed by atoms with Crippen LogP contribution in [0.15, 0.2) is 18.2 Å². The lowest BCUT2D eigenvalue weighted by atomic mass is 10.2. The van der Waals surface area contributed by atoms with E-state index in [0.717, 1.165) is 12.6 Å². The molecule has 1 aromatic carbocycles. The second-order valence-corrected chi connectivity index (χ2v) is 5.22. The van der Waals surface area contributed by atoms with Crippen LogP contribution in [0.1, 0.15) is 5.56 Å². The summed E-state index contributed by atoms with van der Waals surface area (Å²) in [7, 11) is 2.81. The van der Waals surface area contributed by atoms with Gasteiger partial charge in [0, 0.05) is 13.6 Å². The lowest BCUT2D eigenvalue weighted by molar-refractivity contribution is -0.158. The molecule has 0 spiro atoms. The third-order valence-corrected chi connectivity index (χ3v) is 3.14. The Kier molecular flexibility index (Phi) is 4.80. The molecule has 1 aliphatic rings. The summed E-state index contributed by atoms with van der Waals surface area (Å²) >= 11 is 0. The lowest BCUT2D eigenvalue weighted by Gasteiger charge is -2.22. The van der Waals surface area contributed by atoms with Crippen LogP contribution >= 0.6 is 0 Å². The number of ether oxygens (including phenoxy) is 2. The molecule has 0 saturated heterocycles. The summed E-state index contributed by atoms with van der Waals surface area (Å²) in [6.07, 6.45) is -4.39. The summed E-state index contributed by atoms with van der Waals surface area (Å²) in [6, 6.07) is 5.39. The van der Waals surface area contributed by atoms with Crippen molar-refractivity contribution in [3.05, 3.63) is 23.8 Å². The number of carbonyl (C=O) groups is 1. The van der Waals surface area contributed by atoms with E-state index in [1.165, 1.54) is 0 Å². The van der Waals surface area contributed by atoms with E-state index in [-0.39, 0.29) is 13.3 Å². The number of fused-ring (bicyclic) bond motifs is 1. The van der Waals surface area contributed by atoms with Gasteiger partial charge in [-0.15, -0.1) is 0 Å². The van der Waals surface area contributed by atoms with E-state index in [0.29, 0.717) is 22.9 Å². The summed E-state index contributed by atoms with van der Waals surface area (Å²) in [5, 5.41) is 0. The van der Waals surface area contributed by atoms with E-state index in [9.17, 15) is 18.0 Å². The molecule has 1 amide bonds. The van der Waals surface area contributed by atoms with Gasteiger partial charge in [0.1, 0.15) is 6.54 Å². The smallest absolute Gasteiger partial charge is 0.406 e. The van der Waals surface area contributed by atoms with Crippen molar-refractivity contribution in [2.75, 3.05) is 34.0 Å². The van der Waals surface area contributed by atoms with E-state index < -0.39 is 18.6 Å². The first kappa shape index (κ1) is 16.4. The average molecular weight is 318 g/mol. The number of rotatable bonds is 5. The van der Waals surface area contributed by atoms with E-state index in [1.807, 2.05) is 6.07 Å². The van der Waals surface area contributed by atoms with E-state index in [1.54, 1.807) is 24.1 Å². The van der Waals surface area contributed by atoms with Crippen molar-refractivity contribution < 1.29 is 27.4 Å². The average Bonchev–Trinajstić information content (AvgIpc) is 2.83. The third-order valence-electron chi connectivity index (χ3n) is 3.14. The quantitative estimate of drug-likeness (QED) is 0.831. The molecule has 1 heterocycles. The maximum absolute atomic E-state index is 12.2. The summed E-state index contributed by atoms with van der Waals surface area (Å²) in [4.78, 5) is 14.1. The molecule has 0 fully saturated rings. The molecule has 0 radical (unpaired) electrons. The highest BCUT2D eigenvalue weighted by Gasteiger charge is 2.31. The Morgan fingerprint density at radius 2 is 1.91 bits per heavy atom. The van der Waals surface area contributed by atoms with Gasteiger partial charge in [-0.2, -0.15) is 13.2 Å². The van der Waals surface area contributed by atoms with Crippen LogP contribution < -0.4 is 9.47 Å². The number of alkyl halides is 3. The topological polar surface area (TPSA) is 42.0 Å². The standard InChI is InChI=1S/C14H17F3N2O3/c1-18(7-13(20)19(2)8-14(15,16)17)6-10-3-4-11-12(5-10)22-9-21-11/h3-5H,6-9H2,1-2H3. The number of amides is 1. The Bertz CT molecular complexity index is 549. The van der Waals surface area contributed by atoms with Gasteiger partial charge < -0.3 is 14.4 Å².